The Labute approximate surface area is 158 Å². The Balaban J connectivity index is 1.57. The summed E-state index contributed by atoms with van der Waals surface area (Å²) < 4.78 is 0. The number of benzene rings is 2. The lowest BCUT2D eigenvalue weighted by atomic mass is 10.1. The first-order valence-electron chi connectivity index (χ1n) is 8.43. The molecule has 0 aliphatic heterocycles. The summed E-state index contributed by atoms with van der Waals surface area (Å²) in [6, 6.07) is 21.3. The minimum atomic E-state index is 0.987. The zero-order chi connectivity index (χ0) is 17.1. The summed E-state index contributed by atoms with van der Waals surface area (Å²) in [6.07, 6.45) is 0. The van der Waals surface area contributed by atoms with Crippen molar-refractivity contribution >= 4 is 34.1 Å². The van der Waals surface area contributed by atoms with E-state index in [9.17, 15) is 0 Å². The van der Waals surface area contributed by atoms with Gasteiger partial charge in [-0.3, -0.25) is 0 Å². The minimum Gasteiger partial charge on any atom is -0.148 e. The normalized spacial score (nSPS) is 16.6. The summed E-state index contributed by atoms with van der Waals surface area (Å²) >= 11 is 3.47. The van der Waals surface area contributed by atoms with Gasteiger partial charge in [0, 0.05) is 22.3 Å². The molecule has 4 aromatic rings. The summed E-state index contributed by atoms with van der Waals surface area (Å²) in [5, 5.41) is 13.8. The molecule has 4 heteroatoms. The van der Waals surface area contributed by atoms with E-state index in [4.69, 9.17) is 10.2 Å². The molecule has 6 rings (SSSR count). The van der Waals surface area contributed by atoms with Crippen molar-refractivity contribution in [2.24, 2.45) is 10.2 Å². The van der Waals surface area contributed by atoms with E-state index in [2.05, 4.69) is 71.4 Å². The molecule has 2 aromatic carbocycles. The summed E-state index contributed by atoms with van der Waals surface area (Å²) in [5.74, 6) is 0. The quantitative estimate of drug-likeness (QED) is 0.315. The van der Waals surface area contributed by atoms with Crippen LogP contribution in [0.4, 0.5) is 0 Å². The van der Waals surface area contributed by atoms with Crippen LogP contribution in [-0.4, -0.2) is 11.4 Å². The number of thiophene rings is 2. The van der Waals surface area contributed by atoms with Crippen molar-refractivity contribution in [2.75, 3.05) is 0 Å². The third kappa shape index (κ3) is 1.86. The second-order valence-corrected chi connectivity index (χ2v) is 8.15. The van der Waals surface area contributed by atoms with Gasteiger partial charge in [-0.2, -0.15) is 0 Å². The first-order chi connectivity index (χ1) is 12.9. The summed E-state index contributed by atoms with van der Waals surface area (Å²) in [4.78, 5) is 2.43. The van der Waals surface area contributed by atoms with E-state index in [0.717, 1.165) is 11.4 Å². The Morgan fingerprint density at radius 1 is 0.462 bits per heavy atom. The van der Waals surface area contributed by atoms with Gasteiger partial charge in [-0.25, -0.2) is 0 Å². The predicted molar refractivity (Wildman–Crippen MR) is 111 cm³/mol. The zero-order valence-corrected chi connectivity index (χ0v) is 15.3. The largest absolute Gasteiger partial charge is 0.148 e. The fourth-order valence-corrected chi connectivity index (χ4v) is 5.62. The van der Waals surface area contributed by atoms with Crippen LogP contribution in [0, 0.1) is 0 Å². The van der Waals surface area contributed by atoms with Crippen molar-refractivity contribution in [3.8, 4) is 22.3 Å². The van der Waals surface area contributed by atoms with Crippen LogP contribution in [-0.2, 0) is 0 Å². The van der Waals surface area contributed by atoms with E-state index in [-0.39, 0.29) is 0 Å². The maximum Gasteiger partial charge on any atom is 0.111 e. The highest BCUT2D eigenvalue weighted by molar-refractivity contribution is 7.13. The van der Waals surface area contributed by atoms with Crippen molar-refractivity contribution in [3.63, 3.8) is 0 Å². The van der Waals surface area contributed by atoms with E-state index < -0.39 is 0 Å². The molecule has 0 spiro atoms. The first kappa shape index (κ1) is 14.4. The van der Waals surface area contributed by atoms with Gasteiger partial charge in [0.15, 0.2) is 0 Å². The van der Waals surface area contributed by atoms with Gasteiger partial charge >= 0.3 is 0 Å². The van der Waals surface area contributed by atoms with Gasteiger partial charge in [0.2, 0.25) is 0 Å². The van der Waals surface area contributed by atoms with Gasteiger partial charge < -0.3 is 0 Å². The van der Waals surface area contributed by atoms with Gasteiger partial charge in [-0.05, 0) is 34.0 Å². The third-order valence-corrected chi connectivity index (χ3v) is 6.80. The first-order valence-corrected chi connectivity index (χ1v) is 10.2. The molecule has 0 saturated carbocycles. The monoisotopic (exact) mass is 368 g/mol. The number of fused-ring (bicyclic) bond motifs is 6. The van der Waals surface area contributed by atoms with Crippen molar-refractivity contribution in [1.82, 2.24) is 0 Å². The minimum absolute atomic E-state index is 0.987. The molecule has 0 fully saturated rings. The molecule has 2 aromatic heterocycles. The molecule has 0 radical (unpaired) electrons. The second kappa shape index (κ2) is 5.34. The molecule has 2 aliphatic rings. The Morgan fingerprint density at radius 2 is 0.885 bits per heavy atom. The molecule has 122 valence electrons. The fourth-order valence-electron chi connectivity index (χ4n) is 3.80. The van der Waals surface area contributed by atoms with Crippen LogP contribution in [0.5, 0.6) is 0 Å². The summed E-state index contributed by atoms with van der Waals surface area (Å²) in [5.41, 5.74) is 9.38. The molecular weight excluding hydrogens is 356 g/mol. The number of hydrogen-bond acceptors (Lipinski definition) is 4. The highest BCUT2D eigenvalue weighted by Gasteiger charge is 2.28. The SMILES string of the molecule is c1ccc2c(c1)/C(=N/N=C1/c3ccccc3-c3ccsc31)c1sccc1-2. The van der Waals surface area contributed by atoms with E-state index >= 15 is 0 Å². The van der Waals surface area contributed by atoms with Crippen LogP contribution >= 0.6 is 22.7 Å². The number of hydrogen-bond donors (Lipinski definition) is 0. The molecule has 2 nitrogen and oxygen atoms in total. The lowest BCUT2D eigenvalue weighted by Gasteiger charge is -2.01. The standard InChI is InChI=1S/C22H12N2S2/c1-3-7-15-13(5-1)17-9-11-25-21(17)19(15)23-24-20-16-8-4-2-6-14(16)18-10-12-26-22(18)20/h1-12H/b23-19-,24-20-. The summed E-state index contributed by atoms with van der Waals surface area (Å²) in [6.45, 7) is 0. The van der Waals surface area contributed by atoms with E-state index in [1.807, 2.05) is 0 Å². The Morgan fingerprint density at radius 3 is 1.35 bits per heavy atom. The van der Waals surface area contributed by atoms with E-state index in [0.29, 0.717) is 0 Å². The Kier molecular flexibility index (Phi) is 2.95. The van der Waals surface area contributed by atoms with Crippen LogP contribution in [0.1, 0.15) is 20.9 Å². The molecule has 0 N–H and O–H groups in total. The van der Waals surface area contributed by atoms with Gasteiger partial charge in [0.25, 0.3) is 0 Å². The van der Waals surface area contributed by atoms with Crippen molar-refractivity contribution < 1.29 is 0 Å². The Bertz CT molecular complexity index is 1140. The molecule has 0 saturated heterocycles. The topological polar surface area (TPSA) is 24.7 Å². The molecule has 0 bridgehead atoms. The highest BCUT2D eigenvalue weighted by atomic mass is 32.1. The average molecular weight is 368 g/mol. The lowest BCUT2D eigenvalue weighted by molar-refractivity contribution is 1.24. The van der Waals surface area contributed by atoms with E-state index in [1.54, 1.807) is 22.7 Å². The van der Waals surface area contributed by atoms with Crippen molar-refractivity contribution in [1.29, 1.82) is 0 Å². The van der Waals surface area contributed by atoms with Crippen molar-refractivity contribution in [2.45, 2.75) is 0 Å². The number of rotatable bonds is 1. The maximum absolute atomic E-state index is 4.76. The van der Waals surface area contributed by atoms with Crippen LogP contribution in [0.15, 0.2) is 81.6 Å². The average Bonchev–Trinajstić information content (AvgIpc) is 3.43. The van der Waals surface area contributed by atoms with E-state index in [1.165, 1.54) is 43.1 Å². The molecule has 0 atom stereocenters. The second-order valence-electron chi connectivity index (χ2n) is 6.32. The highest BCUT2D eigenvalue weighted by Crippen LogP contribution is 2.42. The fraction of sp³-hybridized carbons (Fsp3) is 0. The molecule has 0 amide bonds. The van der Waals surface area contributed by atoms with Crippen LogP contribution in [0.3, 0.4) is 0 Å². The zero-order valence-electron chi connectivity index (χ0n) is 13.6. The molecular formula is C22H12N2S2. The maximum atomic E-state index is 4.76. The smallest absolute Gasteiger partial charge is 0.111 e. The van der Waals surface area contributed by atoms with Crippen molar-refractivity contribution in [3.05, 3.63) is 92.3 Å². The van der Waals surface area contributed by atoms with Crippen LogP contribution < -0.4 is 0 Å². The Hall–Kier alpha value is -2.82. The van der Waals surface area contributed by atoms with Crippen LogP contribution in [0.2, 0.25) is 0 Å². The van der Waals surface area contributed by atoms with Gasteiger partial charge in [0.05, 0.1) is 9.75 Å². The van der Waals surface area contributed by atoms with Gasteiger partial charge in [0.1, 0.15) is 11.4 Å². The van der Waals surface area contributed by atoms with Gasteiger partial charge in [-0.15, -0.1) is 32.9 Å². The molecule has 2 aliphatic carbocycles. The molecule has 0 unspecified atom stereocenters. The van der Waals surface area contributed by atoms with Crippen LogP contribution in [0.25, 0.3) is 22.3 Å². The third-order valence-electron chi connectivity index (χ3n) is 4.96. The summed E-state index contributed by atoms with van der Waals surface area (Å²) in [7, 11) is 0. The predicted octanol–water partition coefficient (Wildman–Crippen LogP) is 6.06. The van der Waals surface area contributed by atoms with Gasteiger partial charge in [-0.1, -0.05) is 48.5 Å². The molecule has 26 heavy (non-hydrogen) atoms. The molecule has 2 heterocycles. The lowest BCUT2D eigenvalue weighted by Crippen LogP contribution is -1.99. The number of nitrogens with zero attached hydrogens (tertiary/aromatic N) is 2.